The first-order valence-electron chi connectivity index (χ1n) is 30.3. The van der Waals surface area contributed by atoms with Crippen LogP contribution >= 0.6 is 0 Å². The smallest absolute Gasteiger partial charge is 0.305 e. The number of allylic oxidation sites excluding steroid dienone is 5. The Hall–Kier alpha value is -2.12. The van der Waals surface area contributed by atoms with Gasteiger partial charge in [0.1, 0.15) is 24.4 Å². The van der Waals surface area contributed by atoms with E-state index >= 15 is 0 Å². The lowest BCUT2D eigenvalue weighted by atomic mass is 9.99. The number of carbonyl (C=O) groups is 2. The van der Waals surface area contributed by atoms with Crippen LogP contribution < -0.4 is 5.32 Å². The predicted molar refractivity (Wildman–Crippen MR) is 297 cm³/mol. The maximum Gasteiger partial charge on any atom is 0.305 e. The first kappa shape index (κ1) is 67.9. The third-order valence-corrected chi connectivity index (χ3v) is 14.2. The van der Waals surface area contributed by atoms with Crippen LogP contribution in [0, 0.1) is 0 Å². The van der Waals surface area contributed by atoms with E-state index in [1.807, 2.05) is 6.08 Å². The zero-order valence-corrected chi connectivity index (χ0v) is 46.4. The summed E-state index contributed by atoms with van der Waals surface area (Å²) in [5.74, 6) is -0.201. The Morgan fingerprint density at radius 2 is 0.889 bits per heavy atom. The fraction of sp³-hybridized carbons (Fsp3) is 0.869. The lowest BCUT2D eigenvalue weighted by molar-refractivity contribution is -0.302. The van der Waals surface area contributed by atoms with Crippen molar-refractivity contribution >= 4 is 11.9 Å². The first-order valence-corrected chi connectivity index (χ1v) is 30.3. The maximum atomic E-state index is 13.0. The zero-order chi connectivity index (χ0) is 52.4. The number of aliphatic hydroxyl groups excluding tert-OH is 5. The number of carbonyl (C=O) groups excluding carboxylic acids is 2. The third-order valence-electron chi connectivity index (χ3n) is 14.2. The number of nitrogens with one attached hydrogen (secondary N) is 1. The molecule has 0 aromatic heterocycles. The van der Waals surface area contributed by atoms with E-state index in [0.29, 0.717) is 19.4 Å². The highest BCUT2D eigenvalue weighted by atomic mass is 16.7. The van der Waals surface area contributed by atoms with Gasteiger partial charge in [-0.2, -0.15) is 0 Å². The molecule has 72 heavy (non-hydrogen) atoms. The Balaban J connectivity index is 2.01. The van der Waals surface area contributed by atoms with Gasteiger partial charge in [0, 0.05) is 12.8 Å². The van der Waals surface area contributed by atoms with Gasteiger partial charge in [-0.15, -0.1) is 0 Å². The molecule has 1 fully saturated rings. The maximum absolute atomic E-state index is 13.0. The van der Waals surface area contributed by atoms with E-state index in [1.165, 1.54) is 173 Å². The fourth-order valence-corrected chi connectivity index (χ4v) is 9.36. The van der Waals surface area contributed by atoms with Crippen molar-refractivity contribution in [3.63, 3.8) is 0 Å². The van der Waals surface area contributed by atoms with E-state index in [1.54, 1.807) is 6.08 Å². The second kappa shape index (κ2) is 51.0. The number of rotatable bonds is 52. The second-order valence-electron chi connectivity index (χ2n) is 21.0. The minimum absolute atomic E-state index is 0.0108. The molecule has 11 heteroatoms. The van der Waals surface area contributed by atoms with Crippen LogP contribution in [-0.4, -0.2) is 100 Å². The lowest BCUT2D eigenvalue weighted by Crippen LogP contribution is -2.60. The minimum Gasteiger partial charge on any atom is -0.466 e. The predicted octanol–water partition coefficient (Wildman–Crippen LogP) is 13.9. The van der Waals surface area contributed by atoms with Crippen LogP contribution in [0.5, 0.6) is 0 Å². The van der Waals surface area contributed by atoms with E-state index in [9.17, 15) is 35.1 Å². The number of amides is 1. The van der Waals surface area contributed by atoms with Crippen molar-refractivity contribution in [2.24, 2.45) is 0 Å². The molecule has 7 atom stereocenters. The van der Waals surface area contributed by atoms with Crippen molar-refractivity contribution in [3.8, 4) is 0 Å². The van der Waals surface area contributed by atoms with Gasteiger partial charge in [0.15, 0.2) is 6.29 Å². The van der Waals surface area contributed by atoms with Crippen LogP contribution in [0.2, 0.25) is 0 Å². The quantitative estimate of drug-likeness (QED) is 0.0195. The molecule has 1 aliphatic heterocycles. The highest BCUT2D eigenvalue weighted by Crippen LogP contribution is 2.23. The summed E-state index contributed by atoms with van der Waals surface area (Å²) in [4.78, 5) is 25.0. The van der Waals surface area contributed by atoms with Crippen LogP contribution in [0.4, 0.5) is 0 Å². The summed E-state index contributed by atoms with van der Waals surface area (Å²) in [6, 6.07) is -0.813. The zero-order valence-electron chi connectivity index (χ0n) is 46.4. The van der Waals surface area contributed by atoms with Gasteiger partial charge in [-0.3, -0.25) is 9.59 Å². The van der Waals surface area contributed by atoms with Crippen LogP contribution in [0.15, 0.2) is 36.5 Å². The molecule has 0 saturated carbocycles. The summed E-state index contributed by atoms with van der Waals surface area (Å²) in [7, 11) is 0. The average Bonchev–Trinajstić information content (AvgIpc) is 3.38. The number of hydrogen-bond donors (Lipinski definition) is 6. The molecule has 11 nitrogen and oxygen atoms in total. The Kier molecular flexibility index (Phi) is 48.1. The van der Waals surface area contributed by atoms with Gasteiger partial charge in [0.25, 0.3) is 0 Å². The molecule has 0 aromatic carbocycles. The fourth-order valence-electron chi connectivity index (χ4n) is 9.36. The molecule has 0 radical (unpaired) electrons. The molecule has 1 heterocycles. The largest absolute Gasteiger partial charge is 0.466 e. The highest BCUT2D eigenvalue weighted by Gasteiger charge is 2.44. The molecule has 1 saturated heterocycles. The van der Waals surface area contributed by atoms with Gasteiger partial charge in [-0.25, -0.2) is 0 Å². The van der Waals surface area contributed by atoms with Crippen LogP contribution in [0.1, 0.15) is 277 Å². The third kappa shape index (κ3) is 40.2. The summed E-state index contributed by atoms with van der Waals surface area (Å²) < 4.78 is 16.7. The molecule has 7 unspecified atom stereocenters. The number of unbranched alkanes of at least 4 members (excludes halogenated alkanes) is 34. The van der Waals surface area contributed by atoms with Gasteiger partial charge >= 0.3 is 5.97 Å². The molecule has 1 amide bonds. The van der Waals surface area contributed by atoms with Gasteiger partial charge in [-0.05, 0) is 83.5 Å². The molecule has 1 aliphatic rings. The van der Waals surface area contributed by atoms with Gasteiger partial charge in [-0.1, -0.05) is 217 Å². The SMILES string of the molecule is CCCCC/C=C\CCCCCCCC(=O)OCCCCCCCCCCCCCC/C=C\CCCCCCCCCC(=O)NC(COC1OC(CO)C(O)C(O)C1O)C(O)/C=C/CCCCCCCCC. The summed E-state index contributed by atoms with van der Waals surface area (Å²) in [5.41, 5.74) is 0. The minimum atomic E-state index is -1.57. The summed E-state index contributed by atoms with van der Waals surface area (Å²) >= 11 is 0. The highest BCUT2D eigenvalue weighted by molar-refractivity contribution is 5.76. The molecule has 1 rings (SSSR count). The van der Waals surface area contributed by atoms with E-state index in [4.69, 9.17) is 14.2 Å². The molecule has 6 N–H and O–H groups in total. The van der Waals surface area contributed by atoms with Crippen molar-refractivity contribution in [2.45, 2.75) is 320 Å². The topological polar surface area (TPSA) is 175 Å². The van der Waals surface area contributed by atoms with Gasteiger partial charge < -0.3 is 45.1 Å². The molecule has 0 aromatic rings. The van der Waals surface area contributed by atoms with E-state index in [2.05, 4.69) is 43.5 Å². The molecular formula is C61H113NO10. The Morgan fingerprint density at radius 1 is 0.500 bits per heavy atom. The van der Waals surface area contributed by atoms with Crippen LogP contribution in [0.25, 0.3) is 0 Å². The van der Waals surface area contributed by atoms with E-state index < -0.39 is 49.5 Å². The number of aliphatic hydroxyl groups is 5. The molecular weight excluding hydrogens is 907 g/mol. The number of ether oxygens (including phenoxy) is 3. The van der Waals surface area contributed by atoms with E-state index in [-0.39, 0.29) is 18.5 Å². The van der Waals surface area contributed by atoms with Crippen molar-refractivity contribution < 1.29 is 49.3 Å². The summed E-state index contributed by atoms with van der Waals surface area (Å²) in [6.07, 6.45) is 52.5. The van der Waals surface area contributed by atoms with Gasteiger partial charge in [0.05, 0.1) is 32.0 Å². The van der Waals surface area contributed by atoms with Crippen LogP contribution in [0.3, 0.4) is 0 Å². The standard InChI is InChI=1S/C61H113NO10/c1-3-5-7-9-11-13-14-29-33-37-41-45-49-57(66)70-50-46-42-38-34-30-27-25-23-21-19-17-15-16-18-20-22-24-26-28-32-36-40-44-48-56(65)62-53(54(64)47-43-39-35-31-12-10-8-6-4-2)52-71-61-60(69)59(68)58(67)55(51-63)72-61/h11,13,18,20,43,47,53-55,58-61,63-64,67-69H,3-10,12,14-17,19,21-42,44-46,48-52H2,1-2H3,(H,62,65)/b13-11-,20-18-,47-43+. The normalized spacial score (nSPS) is 19.2. The molecule has 422 valence electrons. The molecule has 0 spiro atoms. The van der Waals surface area contributed by atoms with Crippen molar-refractivity contribution in [1.82, 2.24) is 5.32 Å². The second-order valence-corrected chi connectivity index (χ2v) is 21.0. The monoisotopic (exact) mass is 1020 g/mol. The summed E-state index contributed by atoms with van der Waals surface area (Å²) in [6.45, 7) is 4.28. The van der Waals surface area contributed by atoms with E-state index in [0.717, 1.165) is 77.0 Å². The van der Waals surface area contributed by atoms with Crippen molar-refractivity contribution in [1.29, 1.82) is 0 Å². The molecule has 0 bridgehead atoms. The Labute approximate surface area is 441 Å². The Bertz CT molecular complexity index is 1290. The number of esters is 1. The van der Waals surface area contributed by atoms with Crippen molar-refractivity contribution in [3.05, 3.63) is 36.5 Å². The Morgan fingerprint density at radius 3 is 1.36 bits per heavy atom. The van der Waals surface area contributed by atoms with Crippen LogP contribution in [-0.2, 0) is 23.8 Å². The van der Waals surface area contributed by atoms with Crippen molar-refractivity contribution in [2.75, 3.05) is 19.8 Å². The average molecular weight is 1020 g/mol. The summed E-state index contributed by atoms with van der Waals surface area (Å²) in [5, 5.41) is 54.2. The van der Waals surface area contributed by atoms with Gasteiger partial charge in [0.2, 0.25) is 5.91 Å². The number of hydrogen-bond acceptors (Lipinski definition) is 10. The first-order chi connectivity index (χ1) is 35.2. The lowest BCUT2D eigenvalue weighted by Gasteiger charge is -2.40. The molecule has 0 aliphatic carbocycles.